The molecule has 5 atom stereocenters. The molecule has 2 unspecified atom stereocenters. The molecule has 0 bridgehead atoms. The first-order valence-corrected chi connectivity index (χ1v) is 44.9. The number of rotatable bonds is 80. The lowest BCUT2D eigenvalue weighted by Crippen LogP contribution is -2.30. The van der Waals surface area contributed by atoms with Gasteiger partial charge < -0.3 is 33.8 Å². The van der Waals surface area contributed by atoms with E-state index in [-0.39, 0.29) is 25.7 Å². The molecule has 3 N–H and O–H groups in total. The van der Waals surface area contributed by atoms with Crippen molar-refractivity contribution >= 4 is 39.5 Å². The van der Waals surface area contributed by atoms with Crippen LogP contribution in [0.1, 0.15) is 400 Å². The lowest BCUT2D eigenvalue weighted by Gasteiger charge is -2.21. The Balaban J connectivity index is 5.32. The number of aliphatic hydroxyl groups is 1. The number of esters is 4. The number of hydrogen-bond acceptors (Lipinski definition) is 15. The minimum absolute atomic E-state index is 0.0836. The van der Waals surface area contributed by atoms with Crippen LogP contribution in [0.25, 0.3) is 0 Å². The maximum atomic E-state index is 13.1. The zero-order valence-corrected chi connectivity index (χ0v) is 67.3. The van der Waals surface area contributed by atoms with Crippen molar-refractivity contribution in [2.45, 2.75) is 418 Å². The number of allylic oxidation sites excluding steroid dienone is 8. The van der Waals surface area contributed by atoms with E-state index in [2.05, 4.69) is 76.3 Å². The predicted octanol–water partition coefficient (Wildman–Crippen LogP) is 24.5. The van der Waals surface area contributed by atoms with Gasteiger partial charge in [-0.15, -0.1) is 0 Å². The Morgan fingerprint density at radius 1 is 0.275 bits per heavy atom. The molecule has 0 heterocycles. The minimum atomic E-state index is -4.97. The van der Waals surface area contributed by atoms with Crippen molar-refractivity contribution in [3.05, 3.63) is 48.6 Å². The van der Waals surface area contributed by atoms with Crippen LogP contribution < -0.4 is 0 Å². The van der Waals surface area contributed by atoms with Crippen LogP contribution >= 0.6 is 15.6 Å². The van der Waals surface area contributed by atoms with Gasteiger partial charge in [-0.05, 0) is 77.0 Å². The number of ether oxygens (including phenoxy) is 4. The molecule has 598 valence electrons. The molecule has 0 amide bonds. The number of phosphoric acid groups is 2. The first-order chi connectivity index (χ1) is 49.7. The van der Waals surface area contributed by atoms with E-state index in [9.17, 15) is 43.2 Å². The largest absolute Gasteiger partial charge is 0.472 e. The van der Waals surface area contributed by atoms with Gasteiger partial charge in [-0.2, -0.15) is 0 Å². The molecule has 0 fully saturated rings. The average molecular weight is 1490 g/mol. The zero-order chi connectivity index (χ0) is 74.6. The zero-order valence-electron chi connectivity index (χ0n) is 65.6. The summed E-state index contributed by atoms with van der Waals surface area (Å²) in [6.45, 7) is 4.91. The van der Waals surface area contributed by atoms with E-state index in [1.165, 1.54) is 199 Å². The molecule has 102 heavy (non-hydrogen) atoms. The number of phosphoric ester groups is 2. The monoisotopic (exact) mass is 1490 g/mol. The van der Waals surface area contributed by atoms with Crippen LogP contribution in [0.5, 0.6) is 0 Å². The van der Waals surface area contributed by atoms with Gasteiger partial charge in [0, 0.05) is 25.7 Å². The summed E-state index contributed by atoms with van der Waals surface area (Å²) in [5.74, 6) is -2.16. The van der Waals surface area contributed by atoms with E-state index in [0.29, 0.717) is 25.7 Å². The first kappa shape index (κ1) is 99.0. The fourth-order valence-corrected chi connectivity index (χ4v) is 13.5. The molecule has 0 aliphatic carbocycles. The molecule has 0 saturated carbocycles. The predicted molar refractivity (Wildman–Crippen MR) is 418 cm³/mol. The normalized spacial score (nSPS) is 14.1. The second-order valence-electron chi connectivity index (χ2n) is 28.5. The van der Waals surface area contributed by atoms with Crippen molar-refractivity contribution in [3.8, 4) is 0 Å². The van der Waals surface area contributed by atoms with Gasteiger partial charge in [0.1, 0.15) is 19.3 Å². The molecule has 0 aliphatic rings. The average Bonchev–Trinajstić information content (AvgIpc) is 1.28. The fourth-order valence-electron chi connectivity index (χ4n) is 11.9. The van der Waals surface area contributed by atoms with E-state index < -0.39 is 97.5 Å². The van der Waals surface area contributed by atoms with Crippen LogP contribution in [-0.2, 0) is 65.4 Å². The fraction of sp³-hybridized carbons (Fsp3) is 0.855. The highest BCUT2D eigenvalue weighted by Crippen LogP contribution is 2.45. The van der Waals surface area contributed by atoms with Gasteiger partial charge in [0.15, 0.2) is 12.2 Å². The maximum Gasteiger partial charge on any atom is 0.472 e. The highest BCUT2D eigenvalue weighted by molar-refractivity contribution is 7.47. The number of unbranched alkanes of at least 4 members (excludes halogenated alkanes) is 48. The molecule has 0 radical (unpaired) electrons. The van der Waals surface area contributed by atoms with Crippen molar-refractivity contribution in [1.29, 1.82) is 0 Å². The topological polar surface area (TPSA) is 237 Å². The van der Waals surface area contributed by atoms with Crippen LogP contribution in [0.2, 0.25) is 0 Å². The third-order valence-electron chi connectivity index (χ3n) is 18.4. The molecular formula is C83H154O17P2. The third-order valence-corrected chi connectivity index (χ3v) is 20.3. The van der Waals surface area contributed by atoms with Crippen molar-refractivity contribution in [2.75, 3.05) is 39.6 Å². The van der Waals surface area contributed by atoms with Crippen LogP contribution in [0, 0.1) is 0 Å². The highest BCUT2D eigenvalue weighted by atomic mass is 31.2. The molecule has 0 aromatic rings. The van der Waals surface area contributed by atoms with Gasteiger partial charge in [0.2, 0.25) is 0 Å². The summed E-state index contributed by atoms with van der Waals surface area (Å²) >= 11 is 0. The Morgan fingerprint density at radius 2 is 0.471 bits per heavy atom. The van der Waals surface area contributed by atoms with Crippen molar-refractivity contribution in [2.24, 2.45) is 0 Å². The lowest BCUT2D eigenvalue weighted by molar-refractivity contribution is -0.161. The summed E-state index contributed by atoms with van der Waals surface area (Å²) in [7, 11) is -9.95. The Labute approximate surface area is 623 Å². The quantitative estimate of drug-likeness (QED) is 0.0169. The molecule has 0 aliphatic heterocycles. The number of hydrogen-bond donors (Lipinski definition) is 3. The van der Waals surface area contributed by atoms with E-state index in [1.807, 2.05) is 0 Å². The van der Waals surface area contributed by atoms with Gasteiger partial charge in [0.05, 0.1) is 26.4 Å². The third kappa shape index (κ3) is 75.3. The molecule has 0 aromatic heterocycles. The number of carbonyl (C=O) groups is 4. The molecular weight excluding hydrogens is 1330 g/mol. The Hall–Kier alpha value is -2.98. The molecule has 0 aromatic carbocycles. The van der Waals surface area contributed by atoms with Crippen LogP contribution in [0.4, 0.5) is 0 Å². The second kappa shape index (κ2) is 76.2. The van der Waals surface area contributed by atoms with Gasteiger partial charge >= 0.3 is 39.5 Å². The summed E-state index contributed by atoms with van der Waals surface area (Å²) in [6.07, 6.45) is 75.0. The number of aliphatic hydroxyl groups excluding tert-OH is 1. The molecule has 0 saturated heterocycles. The van der Waals surface area contributed by atoms with E-state index in [1.54, 1.807) is 0 Å². The van der Waals surface area contributed by atoms with E-state index in [0.717, 1.165) is 122 Å². The lowest BCUT2D eigenvalue weighted by atomic mass is 10.0. The Kier molecular flexibility index (Phi) is 74.0. The van der Waals surface area contributed by atoms with E-state index in [4.69, 9.17) is 37.0 Å². The van der Waals surface area contributed by atoms with Crippen molar-refractivity contribution in [3.63, 3.8) is 0 Å². The van der Waals surface area contributed by atoms with E-state index >= 15 is 0 Å². The van der Waals surface area contributed by atoms with Gasteiger partial charge in [-0.1, -0.05) is 346 Å². The molecule has 0 spiro atoms. The smallest absolute Gasteiger partial charge is 0.462 e. The highest BCUT2D eigenvalue weighted by Gasteiger charge is 2.30. The molecule has 19 heteroatoms. The Bertz CT molecular complexity index is 2120. The minimum Gasteiger partial charge on any atom is -0.462 e. The summed E-state index contributed by atoms with van der Waals surface area (Å²) < 4.78 is 68.7. The van der Waals surface area contributed by atoms with Crippen LogP contribution in [0.3, 0.4) is 0 Å². The SMILES string of the molecule is CCCCCC/C=C\C=C/CCCCCCCC(=O)OC[C@H](COP(=O)(O)OC[C@@H](O)COP(=O)(O)OC[C@@H](COC(=O)CCCCCCCCCCCCCCC)OC(=O)CCCCCCC/C=C\C=C/CCCCCC)OC(=O)CCCCCCCCCCCCCCCCCCCCC. The number of carbonyl (C=O) groups excluding carboxylic acids is 4. The van der Waals surface area contributed by atoms with Crippen LogP contribution in [-0.4, -0.2) is 96.7 Å². The first-order valence-electron chi connectivity index (χ1n) is 41.9. The summed E-state index contributed by atoms with van der Waals surface area (Å²) in [5.41, 5.74) is 0. The molecule has 17 nitrogen and oxygen atoms in total. The Morgan fingerprint density at radius 3 is 0.716 bits per heavy atom. The summed E-state index contributed by atoms with van der Waals surface area (Å²) in [5, 5.41) is 10.7. The second-order valence-corrected chi connectivity index (χ2v) is 31.4. The van der Waals surface area contributed by atoms with Crippen molar-refractivity contribution in [1.82, 2.24) is 0 Å². The van der Waals surface area contributed by atoms with Crippen LogP contribution in [0.15, 0.2) is 48.6 Å². The van der Waals surface area contributed by atoms with Gasteiger partial charge in [0.25, 0.3) is 0 Å². The summed E-state index contributed by atoms with van der Waals surface area (Å²) in [6, 6.07) is 0. The molecule has 0 rings (SSSR count). The maximum absolute atomic E-state index is 13.1. The standard InChI is InChI=1S/C83H154O17P2/c1-5-9-13-17-21-25-29-33-36-37-38-39-42-46-50-54-58-62-66-70-83(88)100-79(74-94-81(86)68-64-60-56-52-48-44-40-34-30-26-22-18-14-10-6-2)76-98-102(91,92)96-72-77(84)71-95-101(89,90)97-75-78(73-93-80(85)67-63-59-55-51-47-43-32-28-24-20-16-12-8-4)99-82(87)69-65-61-57-53-49-45-41-35-31-27-23-19-15-11-7-3/h26-27,30-31,34-35,40-41,77-79,84H,5-25,28-29,32-33,36-39,42-76H2,1-4H3,(H,89,90)(H,91,92)/b30-26-,31-27-,40-34-,41-35-/t77-,78+,79+/m0/s1. The summed E-state index contributed by atoms with van der Waals surface area (Å²) in [4.78, 5) is 73.1. The van der Waals surface area contributed by atoms with Gasteiger partial charge in [-0.25, -0.2) is 9.13 Å². The van der Waals surface area contributed by atoms with Gasteiger partial charge in [-0.3, -0.25) is 37.3 Å². The van der Waals surface area contributed by atoms with Crippen molar-refractivity contribution < 1.29 is 80.2 Å².